The number of benzene rings is 1. The summed E-state index contributed by atoms with van der Waals surface area (Å²) in [5, 5.41) is 4.06. The van der Waals surface area contributed by atoms with Crippen molar-refractivity contribution in [3.05, 3.63) is 27.7 Å². The third kappa shape index (κ3) is 3.03. The van der Waals surface area contributed by atoms with Crippen LogP contribution in [0.2, 0.25) is 10.0 Å². The number of carbonyl (C=O) groups is 1. The first-order valence-electron chi connectivity index (χ1n) is 4.75. The Morgan fingerprint density at radius 2 is 2.00 bits per heavy atom. The van der Waals surface area contributed by atoms with Crippen LogP contribution in [0.25, 0.3) is 0 Å². The Hall–Kier alpha value is -0.930. The Morgan fingerprint density at radius 3 is 2.56 bits per heavy atom. The number of methoxy groups -OCH3 is 1. The fourth-order valence-electron chi connectivity index (χ4n) is 1.23. The van der Waals surface area contributed by atoms with Crippen LogP contribution in [-0.4, -0.2) is 19.1 Å². The molecule has 16 heavy (non-hydrogen) atoms. The summed E-state index contributed by atoms with van der Waals surface area (Å²) < 4.78 is 4.60. The van der Waals surface area contributed by atoms with Crippen molar-refractivity contribution < 1.29 is 9.53 Å². The van der Waals surface area contributed by atoms with E-state index in [1.54, 1.807) is 19.1 Å². The number of rotatable bonds is 3. The second-order valence-corrected chi connectivity index (χ2v) is 4.28. The Labute approximate surface area is 105 Å². The molecule has 0 spiro atoms. The summed E-state index contributed by atoms with van der Waals surface area (Å²) in [6.45, 7) is 3.55. The number of nitrogens with one attached hydrogen (secondary N) is 1. The number of esters is 1. The van der Waals surface area contributed by atoms with Crippen molar-refractivity contribution in [3.63, 3.8) is 0 Å². The lowest BCUT2D eigenvalue weighted by atomic mass is 10.2. The van der Waals surface area contributed by atoms with Crippen molar-refractivity contribution in [2.45, 2.75) is 19.9 Å². The standard InChI is InChI=1S/C11H13Cl2NO2/c1-6-4-9(13)10(5-8(6)12)14-7(2)11(15)16-3/h4-5,7,14H,1-3H3. The lowest BCUT2D eigenvalue weighted by molar-refractivity contribution is -0.141. The molecule has 0 fully saturated rings. The molecule has 5 heteroatoms. The number of hydrogen-bond acceptors (Lipinski definition) is 3. The lowest BCUT2D eigenvalue weighted by Crippen LogP contribution is -2.27. The van der Waals surface area contributed by atoms with Gasteiger partial charge in [-0.05, 0) is 31.5 Å². The lowest BCUT2D eigenvalue weighted by Gasteiger charge is -2.15. The van der Waals surface area contributed by atoms with E-state index in [4.69, 9.17) is 23.2 Å². The Morgan fingerprint density at radius 1 is 1.38 bits per heavy atom. The molecule has 0 saturated heterocycles. The number of hydrogen-bond donors (Lipinski definition) is 1. The number of anilines is 1. The van der Waals surface area contributed by atoms with Gasteiger partial charge in [0.1, 0.15) is 6.04 Å². The molecule has 3 nitrogen and oxygen atoms in total. The second kappa shape index (κ2) is 5.41. The molecule has 0 radical (unpaired) electrons. The average Bonchev–Trinajstić information content (AvgIpc) is 2.24. The van der Waals surface area contributed by atoms with Gasteiger partial charge in [-0.1, -0.05) is 23.2 Å². The first kappa shape index (κ1) is 13.1. The van der Waals surface area contributed by atoms with Crippen molar-refractivity contribution in [1.29, 1.82) is 0 Å². The molecule has 1 N–H and O–H groups in total. The maximum absolute atomic E-state index is 11.2. The zero-order valence-corrected chi connectivity index (χ0v) is 10.8. The van der Waals surface area contributed by atoms with Gasteiger partial charge < -0.3 is 10.1 Å². The highest BCUT2D eigenvalue weighted by Crippen LogP contribution is 2.29. The first-order valence-corrected chi connectivity index (χ1v) is 5.51. The van der Waals surface area contributed by atoms with Crippen molar-refractivity contribution in [2.24, 2.45) is 0 Å². The van der Waals surface area contributed by atoms with Crippen LogP contribution in [0.1, 0.15) is 12.5 Å². The predicted octanol–water partition coefficient (Wildman–Crippen LogP) is 3.28. The van der Waals surface area contributed by atoms with Crippen LogP contribution in [0.3, 0.4) is 0 Å². The second-order valence-electron chi connectivity index (χ2n) is 3.47. The molecule has 1 atom stereocenters. The fourth-order valence-corrected chi connectivity index (χ4v) is 1.66. The highest BCUT2D eigenvalue weighted by atomic mass is 35.5. The van der Waals surface area contributed by atoms with E-state index in [0.29, 0.717) is 15.7 Å². The average molecular weight is 262 g/mol. The van der Waals surface area contributed by atoms with Crippen LogP contribution < -0.4 is 5.32 Å². The van der Waals surface area contributed by atoms with E-state index < -0.39 is 6.04 Å². The number of aryl methyl sites for hydroxylation is 1. The van der Waals surface area contributed by atoms with Gasteiger partial charge in [0.15, 0.2) is 0 Å². The molecule has 0 aliphatic rings. The maximum Gasteiger partial charge on any atom is 0.327 e. The molecule has 0 aliphatic heterocycles. The molecule has 0 bridgehead atoms. The third-order valence-corrected chi connectivity index (χ3v) is 2.89. The van der Waals surface area contributed by atoms with E-state index in [2.05, 4.69) is 10.1 Å². The van der Waals surface area contributed by atoms with Crippen molar-refractivity contribution in [2.75, 3.05) is 12.4 Å². The van der Waals surface area contributed by atoms with E-state index in [1.807, 2.05) is 6.92 Å². The van der Waals surface area contributed by atoms with E-state index >= 15 is 0 Å². The largest absolute Gasteiger partial charge is 0.467 e. The van der Waals surface area contributed by atoms with Gasteiger partial charge in [-0.25, -0.2) is 4.79 Å². The minimum atomic E-state index is -0.471. The molecule has 1 aromatic rings. The first-order chi connectivity index (χ1) is 7.45. The molecule has 88 valence electrons. The number of halogens is 2. The number of ether oxygens (including phenoxy) is 1. The summed E-state index contributed by atoms with van der Waals surface area (Å²) in [6, 6.07) is 2.97. The smallest absolute Gasteiger partial charge is 0.327 e. The zero-order chi connectivity index (χ0) is 12.3. The molecular weight excluding hydrogens is 249 g/mol. The Kier molecular flexibility index (Phi) is 4.44. The molecule has 0 amide bonds. The summed E-state index contributed by atoms with van der Waals surface area (Å²) in [4.78, 5) is 11.2. The van der Waals surface area contributed by atoms with Crippen LogP contribution in [0.4, 0.5) is 5.69 Å². The normalized spacial score (nSPS) is 12.1. The highest BCUT2D eigenvalue weighted by Gasteiger charge is 2.14. The van der Waals surface area contributed by atoms with Gasteiger partial charge in [0.2, 0.25) is 0 Å². The fraction of sp³-hybridized carbons (Fsp3) is 0.364. The molecule has 0 aromatic heterocycles. The summed E-state index contributed by atoms with van der Waals surface area (Å²) in [5.74, 6) is -0.354. The predicted molar refractivity (Wildman–Crippen MR) is 66.3 cm³/mol. The van der Waals surface area contributed by atoms with Crippen LogP contribution >= 0.6 is 23.2 Å². The summed E-state index contributed by atoms with van der Waals surface area (Å²) in [7, 11) is 1.34. The van der Waals surface area contributed by atoms with Crippen molar-refractivity contribution in [1.82, 2.24) is 0 Å². The minimum Gasteiger partial charge on any atom is -0.467 e. The van der Waals surface area contributed by atoms with Crippen LogP contribution in [0.15, 0.2) is 12.1 Å². The monoisotopic (exact) mass is 261 g/mol. The molecule has 0 saturated carbocycles. The van der Waals surface area contributed by atoms with E-state index in [1.165, 1.54) is 7.11 Å². The molecule has 0 aliphatic carbocycles. The van der Waals surface area contributed by atoms with Gasteiger partial charge in [-0.3, -0.25) is 0 Å². The van der Waals surface area contributed by atoms with Gasteiger partial charge >= 0.3 is 5.97 Å². The number of carbonyl (C=O) groups excluding carboxylic acids is 1. The van der Waals surface area contributed by atoms with Gasteiger partial charge in [-0.2, -0.15) is 0 Å². The van der Waals surface area contributed by atoms with Crippen molar-refractivity contribution >= 4 is 34.9 Å². The third-order valence-electron chi connectivity index (χ3n) is 2.18. The molecule has 1 unspecified atom stereocenters. The molecule has 1 rings (SSSR count). The maximum atomic E-state index is 11.2. The van der Waals surface area contributed by atoms with E-state index in [0.717, 1.165) is 5.56 Å². The van der Waals surface area contributed by atoms with Crippen LogP contribution in [0, 0.1) is 6.92 Å². The quantitative estimate of drug-likeness (QED) is 0.849. The molecule has 1 aromatic carbocycles. The molecule has 0 heterocycles. The van der Waals surface area contributed by atoms with Gasteiger partial charge in [0, 0.05) is 5.02 Å². The summed E-state index contributed by atoms with van der Waals surface area (Å²) in [5.41, 5.74) is 1.51. The summed E-state index contributed by atoms with van der Waals surface area (Å²) >= 11 is 12.0. The zero-order valence-electron chi connectivity index (χ0n) is 9.30. The topological polar surface area (TPSA) is 38.3 Å². The Bertz CT molecular complexity index is 407. The SMILES string of the molecule is COC(=O)C(C)Nc1cc(Cl)c(C)cc1Cl. The summed E-state index contributed by atoms with van der Waals surface area (Å²) in [6.07, 6.45) is 0. The minimum absolute atomic E-state index is 0.354. The van der Waals surface area contributed by atoms with Crippen LogP contribution in [0.5, 0.6) is 0 Å². The van der Waals surface area contributed by atoms with E-state index in [9.17, 15) is 4.79 Å². The van der Waals surface area contributed by atoms with E-state index in [-0.39, 0.29) is 5.97 Å². The molecular formula is C11H13Cl2NO2. The Balaban J connectivity index is 2.89. The van der Waals surface area contributed by atoms with Crippen molar-refractivity contribution in [3.8, 4) is 0 Å². The highest BCUT2D eigenvalue weighted by molar-refractivity contribution is 6.35. The van der Waals surface area contributed by atoms with Gasteiger partial charge in [-0.15, -0.1) is 0 Å². The van der Waals surface area contributed by atoms with Gasteiger partial charge in [0.05, 0.1) is 17.8 Å². The van der Waals surface area contributed by atoms with Gasteiger partial charge in [0.25, 0.3) is 0 Å². The van der Waals surface area contributed by atoms with Crippen LogP contribution in [-0.2, 0) is 9.53 Å².